The predicted octanol–water partition coefficient (Wildman–Crippen LogP) is 1.30. The van der Waals surface area contributed by atoms with Crippen molar-refractivity contribution in [2.75, 3.05) is 12.3 Å². The molecule has 0 aliphatic heterocycles. The molecule has 0 spiro atoms. The molecule has 0 atom stereocenters. The minimum atomic E-state index is 0.570. The van der Waals surface area contributed by atoms with Gasteiger partial charge in [0, 0.05) is 12.7 Å². The minimum Gasteiger partial charge on any atom is -0.384 e. The largest absolute Gasteiger partial charge is 0.384 e. The Kier molecular flexibility index (Phi) is 3.26. The van der Waals surface area contributed by atoms with Gasteiger partial charge < -0.3 is 10.7 Å². The first kappa shape index (κ1) is 8.71. The van der Waals surface area contributed by atoms with Gasteiger partial charge in [0.25, 0.3) is 0 Å². The zero-order valence-corrected chi connectivity index (χ0v) is 7.03. The fourth-order valence-electron chi connectivity index (χ4n) is 0.979. The van der Waals surface area contributed by atoms with E-state index >= 15 is 0 Å². The van der Waals surface area contributed by atoms with Crippen LogP contribution in [0.4, 0.5) is 5.82 Å². The number of nitrogens with zero attached hydrogens (tertiary/aromatic N) is 2. The van der Waals surface area contributed by atoms with E-state index in [4.69, 9.17) is 5.73 Å². The molecule has 1 aromatic heterocycles. The number of hydrogen-bond acceptors (Lipinski definition) is 3. The first-order chi connectivity index (χ1) is 5.83. The van der Waals surface area contributed by atoms with E-state index in [0.717, 1.165) is 19.4 Å². The van der Waals surface area contributed by atoms with Gasteiger partial charge >= 0.3 is 0 Å². The molecule has 2 N–H and O–H groups in total. The molecular weight excluding hydrogens is 150 g/mol. The van der Waals surface area contributed by atoms with Crippen molar-refractivity contribution < 1.29 is 0 Å². The van der Waals surface area contributed by atoms with Gasteiger partial charge in [-0.25, -0.2) is 4.98 Å². The Morgan fingerprint density at radius 1 is 1.50 bits per heavy atom. The first-order valence-electron chi connectivity index (χ1n) is 3.96. The maximum absolute atomic E-state index is 5.44. The van der Waals surface area contributed by atoms with Crippen molar-refractivity contribution in [3.05, 3.63) is 23.9 Å². The molecule has 0 radical (unpaired) electrons. The van der Waals surface area contributed by atoms with Gasteiger partial charge in [-0.1, -0.05) is 6.07 Å². The number of anilines is 1. The third-order valence-electron chi connectivity index (χ3n) is 1.63. The summed E-state index contributed by atoms with van der Waals surface area (Å²) >= 11 is 0. The molecule has 0 saturated carbocycles. The highest BCUT2D eigenvalue weighted by molar-refractivity contribution is 5.29. The summed E-state index contributed by atoms with van der Waals surface area (Å²) in [5.41, 5.74) is 6.64. The van der Waals surface area contributed by atoms with E-state index in [1.54, 1.807) is 6.20 Å². The second kappa shape index (κ2) is 4.49. The van der Waals surface area contributed by atoms with Crippen LogP contribution in [0.1, 0.15) is 12.0 Å². The highest BCUT2D eigenvalue weighted by atomic mass is 14.8. The number of rotatable bonds is 4. The fraction of sp³-hybridized carbons (Fsp3) is 0.333. The van der Waals surface area contributed by atoms with Gasteiger partial charge in [-0.15, -0.1) is 0 Å². The van der Waals surface area contributed by atoms with E-state index in [2.05, 4.69) is 16.7 Å². The normalized spacial score (nSPS) is 9.67. The lowest BCUT2D eigenvalue weighted by atomic mass is 10.1. The van der Waals surface area contributed by atoms with Crippen LogP contribution in [-0.4, -0.2) is 18.2 Å². The SMILES string of the molecule is C=NCCCc1ccc(N)nc1. The summed E-state index contributed by atoms with van der Waals surface area (Å²) in [4.78, 5) is 7.76. The molecule has 0 unspecified atom stereocenters. The lowest BCUT2D eigenvalue weighted by molar-refractivity contribution is 0.834. The van der Waals surface area contributed by atoms with Crippen molar-refractivity contribution in [3.8, 4) is 0 Å². The van der Waals surface area contributed by atoms with E-state index in [1.165, 1.54) is 5.56 Å². The highest BCUT2D eigenvalue weighted by Gasteiger charge is 1.92. The van der Waals surface area contributed by atoms with Crippen molar-refractivity contribution in [3.63, 3.8) is 0 Å². The monoisotopic (exact) mass is 163 g/mol. The number of nitrogens with two attached hydrogens (primary N) is 1. The lowest BCUT2D eigenvalue weighted by Gasteiger charge is -1.98. The summed E-state index contributed by atoms with van der Waals surface area (Å²) in [6.45, 7) is 4.23. The van der Waals surface area contributed by atoms with Crippen LogP contribution >= 0.6 is 0 Å². The number of nitrogen functional groups attached to an aromatic ring is 1. The van der Waals surface area contributed by atoms with Gasteiger partial charge in [-0.05, 0) is 31.2 Å². The molecule has 0 aliphatic carbocycles. The Balaban J connectivity index is 2.42. The molecule has 3 nitrogen and oxygen atoms in total. The average Bonchev–Trinajstić information content (AvgIpc) is 2.09. The summed E-state index contributed by atoms with van der Waals surface area (Å²) in [5, 5.41) is 0. The van der Waals surface area contributed by atoms with Crippen molar-refractivity contribution >= 4 is 12.5 Å². The Bertz CT molecular complexity index is 240. The fourth-order valence-corrected chi connectivity index (χ4v) is 0.979. The summed E-state index contributed by atoms with van der Waals surface area (Å²) in [6.07, 6.45) is 3.82. The van der Waals surface area contributed by atoms with Crippen LogP contribution < -0.4 is 5.73 Å². The molecule has 64 valence electrons. The molecule has 0 amide bonds. The van der Waals surface area contributed by atoms with Gasteiger partial charge in [0.1, 0.15) is 5.82 Å². The number of hydrogen-bond donors (Lipinski definition) is 1. The standard InChI is InChI=1S/C9H13N3/c1-11-6-2-3-8-4-5-9(10)12-7-8/h4-5,7H,1-3,6H2,(H2,10,12). The molecule has 3 heteroatoms. The molecule has 0 aliphatic rings. The predicted molar refractivity (Wildman–Crippen MR) is 51.4 cm³/mol. The lowest BCUT2D eigenvalue weighted by Crippen LogP contribution is -1.92. The maximum atomic E-state index is 5.44. The number of aliphatic imine (C=N–C) groups is 1. The molecule has 0 aromatic carbocycles. The van der Waals surface area contributed by atoms with Crippen molar-refractivity contribution in [1.82, 2.24) is 4.98 Å². The summed E-state index contributed by atoms with van der Waals surface area (Å²) in [5.74, 6) is 0.570. The summed E-state index contributed by atoms with van der Waals surface area (Å²) in [7, 11) is 0. The molecule has 1 rings (SSSR count). The highest BCUT2D eigenvalue weighted by Crippen LogP contribution is 2.03. The molecule has 0 bridgehead atoms. The molecule has 1 heterocycles. The molecule has 0 fully saturated rings. The van der Waals surface area contributed by atoms with Crippen LogP contribution in [0.25, 0.3) is 0 Å². The quantitative estimate of drug-likeness (QED) is 0.537. The molecular formula is C9H13N3. The van der Waals surface area contributed by atoms with E-state index in [0.29, 0.717) is 5.82 Å². The third-order valence-corrected chi connectivity index (χ3v) is 1.63. The Morgan fingerprint density at radius 3 is 2.92 bits per heavy atom. The van der Waals surface area contributed by atoms with Gasteiger partial charge in [0.2, 0.25) is 0 Å². The zero-order chi connectivity index (χ0) is 8.81. The van der Waals surface area contributed by atoms with E-state index < -0.39 is 0 Å². The van der Waals surface area contributed by atoms with E-state index in [9.17, 15) is 0 Å². The van der Waals surface area contributed by atoms with E-state index in [1.807, 2.05) is 12.1 Å². The molecule has 0 saturated heterocycles. The number of pyridine rings is 1. The zero-order valence-electron chi connectivity index (χ0n) is 7.03. The van der Waals surface area contributed by atoms with Crippen LogP contribution in [0.2, 0.25) is 0 Å². The maximum Gasteiger partial charge on any atom is 0.123 e. The van der Waals surface area contributed by atoms with Crippen LogP contribution in [0, 0.1) is 0 Å². The Hall–Kier alpha value is -1.38. The third kappa shape index (κ3) is 2.70. The number of aromatic nitrogens is 1. The average molecular weight is 163 g/mol. The van der Waals surface area contributed by atoms with Crippen LogP contribution in [0.3, 0.4) is 0 Å². The summed E-state index contributed by atoms with van der Waals surface area (Å²) in [6, 6.07) is 3.81. The smallest absolute Gasteiger partial charge is 0.123 e. The van der Waals surface area contributed by atoms with Gasteiger partial charge in [0.15, 0.2) is 0 Å². The molecule has 1 aromatic rings. The topological polar surface area (TPSA) is 51.3 Å². The van der Waals surface area contributed by atoms with E-state index in [-0.39, 0.29) is 0 Å². The second-order valence-corrected chi connectivity index (χ2v) is 2.64. The van der Waals surface area contributed by atoms with Crippen LogP contribution in [0.5, 0.6) is 0 Å². The second-order valence-electron chi connectivity index (χ2n) is 2.64. The van der Waals surface area contributed by atoms with Crippen molar-refractivity contribution in [1.29, 1.82) is 0 Å². The van der Waals surface area contributed by atoms with Gasteiger partial charge in [-0.3, -0.25) is 0 Å². The van der Waals surface area contributed by atoms with Crippen LogP contribution in [-0.2, 0) is 6.42 Å². The van der Waals surface area contributed by atoms with Gasteiger partial charge in [-0.2, -0.15) is 0 Å². The minimum absolute atomic E-state index is 0.570. The van der Waals surface area contributed by atoms with Gasteiger partial charge in [0.05, 0.1) is 0 Å². The van der Waals surface area contributed by atoms with Crippen LogP contribution in [0.15, 0.2) is 23.3 Å². The summed E-state index contributed by atoms with van der Waals surface area (Å²) < 4.78 is 0. The Morgan fingerprint density at radius 2 is 2.33 bits per heavy atom. The first-order valence-corrected chi connectivity index (χ1v) is 3.96. The number of aryl methyl sites for hydroxylation is 1. The van der Waals surface area contributed by atoms with Crippen molar-refractivity contribution in [2.24, 2.45) is 4.99 Å². The molecule has 12 heavy (non-hydrogen) atoms. The Labute approximate surface area is 72.3 Å². The van der Waals surface area contributed by atoms with Crippen molar-refractivity contribution in [2.45, 2.75) is 12.8 Å².